The molecule has 1 aromatic heterocycles. The van der Waals surface area contributed by atoms with Gasteiger partial charge in [0.2, 0.25) is 5.91 Å². The number of aliphatic hydroxyl groups excluding tert-OH is 1. The zero-order chi connectivity index (χ0) is 24.7. The Morgan fingerprint density at radius 2 is 1.88 bits per heavy atom. The topological polar surface area (TPSA) is 110 Å². The van der Waals surface area contributed by atoms with Gasteiger partial charge in [-0.3, -0.25) is 9.89 Å². The Balaban J connectivity index is 1.48. The van der Waals surface area contributed by atoms with Crippen LogP contribution in [0.1, 0.15) is 49.9 Å². The fraction of sp³-hybridized carbons (Fsp3) is 0.560. The highest BCUT2D eigenvalue weighted by Gasteiger charge is 2.54. The van der Waals surface area contributed by atoms with Crippen LogP contribution >= 0.6 is 0 Å². The van der Waals surface area contributed by atoms with Gasteiger partial charge < -0.3 is 20.6 Å². The summed E-state index contributed by atoms with van der Waals surface area (Å²) in [6.45, 7) is 10.9. The molecule has 2 aliphatic rings. The molecular formula is C25H37N5O3Si. The van der Waals surface area contributed by atoms with E-state index in [-0.39, 0.29) is 23.6 Å². The van der Waals surface area contributed by atoms with Crippen LogP contribution < -0.4 is 10.6 Å². The van der Waals surface area contributed by atoms with Crippen molar-refractivity contribution in [3.8, 4) is 0 Å². The minimum atomic E-state index is -1.71. The number of aromatic amines is 1. The summed E-state index contributed by atoms with van der Waals surface area (Å²) in [6.07, 6.45) is 3.51. The van der Waals surface area contributed by atoms with E-state index in [2.05, 4.69) is 40.5 Å². The number of aromatic nitrogens is 2. The minimum Gasteiger partial charge on any atom is -0.394 e. The van der Waals surface area contributed by atoms with Crippen LogP contribution in [-0.4, -0.2) is 52.9 Å². The van der Waals surface area contributed by atoms with Gasteiger partial charge in [-0.1, -0.05) is 56.4 Å². The van der Waals surface area contributed by atoms with Crippen LogP contribution in [0.4, 0.5) is 10.6 Å². The van der Waals surface area contributed by atoms with Crippen molar-refractivity contribution in [2.45, 2.75) is 82.3 Å². The Morgan fingerprint density at radius 3 is 2.44 bits per heavy atom. The molecule has 1 aromatic carbocycles. The van der Waals surface area contributed by atoms with Gasteiger partial charge in [0.05, 0.1) is 38.5 Å². The van der Waals surface area contributed by atoms with Crippen LogP contribution in [-0.2, 0) is 23.3 Å². The normalized spacial score (nSPS) is 19.2. The van der Waals surface area contributed by atoms with Crippen LogP contribution in [0.2, 0.25) is 24.7 Å². The van der Waals surface area contributed by atoms with E-state index in [1.165, 1.54) is 0 Å². The maximum atomic E-state index is 13.3. The molecule has 1 fully saturated rings. The molecule has 8 nitrogen and oxygen atoms in total. The number of benzene rings is 1. The van der Waals surface area contributed by atoms with Crippen molar-refractivity contribution >= 4 is 25.8 Å². The van der Waals surface area contributed by atoms with Crippen LogP contribution in [0.3, 0.4) is 0 Å². The Kier molecular flexibility index (Phi) is 6.37. The molecule has 9 heteroatoms. The number of H-pyrrole nitrogens is 1. The van der Waals surface area contributed by atoms with Gasteiger partial charge in [0.25, 0.3) is 0 Å². The predicted octanol–water partition coefficient (Wildman–Crippen LogP) is 3.97. The van der Waals surface area contributed by atoms with Crippen LogP contribution in [0.25, 0.3) is 0 Å². The van der Waals surface area contributed by atoms with Gasteiger partial charge in [-0.2, -0.15) is 5.10 Å². The lowest BCUT2D eigenvalue weighted by atomic mass is 9.83. The van der Waals surface area contributed by atoms with Gasteiger partial charge in [-0.05, 0) is 38.7 Å². The molecule has 0 unspecified atom stereocenters. The predicted molar refractivity (Wildman–Crippen MR) is 135 cm³/mol. The molecule has 0 spiro atoms. The summed E-state index contributed by atoms with van der Waals surface area (Å²) in [6, 6.07) is 9.15. The zero-order valence-electron chi connectivity index (χ0n) is 20.9. The van der Waals surface area contributed by atoms with E-state index in [1.807, 2.05) is 44.2 Å². The van der Waals surface area contributed by atoms with Crippen LogP contribution in [0.15, 0.2) is 30.3 Å². The van der Waals surface area contributed by atoms with E-state index >= 15 is 0 Å². The van der Waals surface area contributed by atoms with Crippen molar-refractivity contribution in [2.75, 3.05) is 11.9 Å². The number of carbonyl (C=O) groups excluding carboxylic acids is 2. The summed E-state index contributed by atoms with van der Waals surface area (Å²) in [5.41, 5.74) is 2.10. The summed E-state index contributed by atoms with van der Waals surface area (Å²) in [4.78, 5) is 28.3. The third kappa shape index (κ3) is 4.15. The third-order valence-corrected chi connectivity index (χ3v) is 11.5. The number of nitrogens with one attached hydrogen (secondary N) is 3. The molecular weight excluding hydrogens is 446 g/mol. The molecule has 34 heavy (non-hydrogen) atoms. The fourth-order valence-electron chi connectivity index (χ4n) is 5.33. The Labute approximate surface area is 202 Å². The lowest BCUT2D eigenvalue weighted by molar-refractivity contribution is -0.121. The molecule has 4 N–H and O–H groups in total. The number of hydrogen-bond acceptors (Lipinski definition) is 4. The second kappa shape index (κ2) is 8.85. The zero-order valence-corrected chi connectivity index (χ0v) is 21.9. The Morgan fingerprint density at radius 1 is 1.21 bits per heavy atom. The average molecular weight is 484 g/mol. The summed E-state index contributed by atoms with van der Waals surface area (Å²) in [7, 11) is -1.71. The number of fused-ring (bicyclic) bond motifs is 1. The first-order valence-electron chi connectivity index (χ1n) is 12.1. The highest BCUT2D eigenvalue weighted by Crippen LogP contribution is 2.56. The third-order valence-electron chi connectivity index (χ3n) is 7.90. The number of amides is 3. The molecule has 184 valence electrons. The highest BCUT2D eigenvalue weighted by atomic mass is 28.3. The van der Waals surface area contributed by atoms with E-state index in [1.54, 1.807) is 4.90 Å². The highest BCUT2D eigenvalue weighted by molar-refractivity contribution is 6.83. The molecule has 0 saturated heterocycles. The van der Waals surface area contributed by atoms with Gasteiger partial charge in [-0.25, -0.2) is 4.79 Å². The summed E-state index contributed by atoms with van der Waals surface area (Å²) in [5.74, 6) is 0.590. The van der Waals surface area contributed by atoms with Crippen molar-refractivity contribution in [1.29, 1.82) is 0 Å². The van der Waals surface area contributed by atoms with E-state index in [4.69, 9.17) is 0 Å². The van der Waals surface area contributed by atoms with E-state index < -0.39 is 19.7 Å². The molecule has 1 aliphatic heterocycles. The average Bonchev–Trinajstić information content (AvgIpc) is 3.24. The molecule has 0 bridgehead atoms. The lowest BCUT2D eigenvalue weighted by Crippen LogP contribution is -2.52. The van der Waals surface area contributed by atoms with Crippen molar-refractivity contribution < 1.29 is 14.7 Å². The van der Waals surface area contributed by atoms with Gasteiger partial charge in [0.15, 0.2) is 5.82 Å². The van der Waals surface area contributed by atoms with Crippen LogP contribution in [0, 0.1) is 0 Å². The number of hydrogen-bond donors (Lipinski definition) is 4. The largest absolute Gasteiger partial charge is 0.394 e. The van der Waals surface area contributed by atoms with Gasteiger partial charge in [0.1, 0.15) is 0 Å². The molecule has 1 aliphatic carbocycles. The number of aliphatic hydroxyl groups is 1. The first-order valence-corrected chi connectivity index (χ1v) is 15.6. The van der Waals surface area contributed by atoms with E-state index in [0.29, 0.717) is 18.8 Å². The first-order chi connectivity index (χ1) is 16.0. The van der Waals surface area contributed by atoms with Crippen LogP contribution in [0.5, 0.6) is 0 Å². The summed E-state index contributed by atoms with van der Waals surface area (Å²) < 4.78 is 0. The molecule has 1 atom stereocenters. The SMILES string of the molecule is CC1(C)c2[nH]nc(NC(=O)C3([Si](C)(C)C)CCC3)c2CN1C(=O)N[C@H](CO)Cc1ccccc1. The van der Waals surface area contributed by atoms with Gasteiger partial charge in [0, 0.05) is 10.6 Å². The van der Waals surface area contributed by atoms with Crippen molar-refractivity contribution in [2.24, 2.45) is 0 Å². The Hall–Kier alpha value is -2.65. The standard InChI is InChI=1S/C25H37N5O3Si/c1-24(2)20-19(21(29-28-20)27-22(32)25(12-9-13-25)34(3,4)5)15-30(24)23(33)26-18(16-31)14-17-10-7-6-8-11-17/h6-8,10-11,18,31H,9,12-16H2,1-5H3,(H,26,33)(H2,27,28,29,32)/t18-/m0/s1. The maximum absolute atomic E-state index is 13.3. The molecule has 0 radical (unpaired) electrons. The first kappa shape index (κ1) is 24.5. The monoisotopic (exact) mass is 483 g/mol. The number of urea groups is 1. The van der Waals surface area contributed by atoms with E-state index in [0.717, 1.165) is 36.1 Å². The fourth-order valence-corrected chi connectivity index (χ4v) is 7.93. The molecule has 4 rings (SSSR count). The second-order valence-corrected chi connectivity index (χ2v) is 16.7. The van der Waals surface area contributed by atoms with Gasteiger partial charge in [-0.15, -0.1) is 0 Å². The van der Waals surface area contributed by atoms with Crippen molar-refractivity contribution in [3.05, 3.63) is 47.2 Å². The van der Waals surface area contributed by atoms with Gasteiger partial charge >= 0.3 is 6.03 Å². The molecule has 2 heterocycles. The number of anilines is 1. The van der Waals surface area contributed by atoms with E-state index in [9.17, 15) is 14.7 Å². The molecule has 2 aromatic rings. The smallest absolute Gasteiger partial charge is 0.318 e. The quantitative estimate of drug-likeness (QED) is 0.447. The summed E-state index contributed by atoms with van der Waals surface area (Å²) >= 11 is 0. The lowest BCUT2D eigenvalue weighted by Gasteiger charge is -2.48. The Bertz CT molecular complexity index is 1060. The minimum absolute atomic E-state index is 0.0659. The number of carbonyl (C=O) groups is 2. The maximum Gasteiger partial charge on any atom is 0.318 e. The summed E-state index contributed by atoms with van der Waals surface area (Å²) in [5, 5.41) is 23.2. The second-order valence-electron chi connectivity index (χ2n) is 11.2. The molecule has 3 amide bonds. The number of nitrogens with zero attached hydrogens (tertiary/aromatic N) is 2. The van der Waals surface area contributed by atoms with Crippen molar-refractivity contribution in [1.82, 2.24) is 20.4 Å². The number of rotatable bonds is 7. The van der Waals surface area contributed by atoms with Crippen molar-refractivity contribution in [3.63, 3.8) is 0 Å². The molecule has 1 saturated carbocycles.